The number of rotatable bonds is 9. The Morgan fingerprint density at radius 1 is 1.13 bits per heavy atom. The van der Waals surface area contributed by atoms with Crippen LogP contribution in [0, 0.1) is 0 Å². The zero-order valence-electron chi connectivity index (χ0n) is 18.0. The first-order chi connectivity index (χ1) is 14.7. The Labute approximate surface area is 206 Å². The predicted octanol–water partition coefficient (Wildman–Crippen LogP) is 4.65. The molecule has 31 heavy (non-hydrogen) atoms. The summed E-state index contributed by atoms with van der Waals surface area (Å²) in [6.07, 6.45) is 3.54. The number of hydrogen-bond donors (Lipinski definition) is 2. The number of nitrogens with one attached hydrogen (secondary N) is 2. The fraction of sp³-hybridized carbons (Fsp3) is 0.348. The lowest BCUT2D eigenvalue weighted by Gasteiger charge is -2.19. The van der Waals surface area contributed by atoms with E-state index in [2.05, 4.69) is 63.5 Å². The molecule has 0 fully saturated rings. The van der Waals surface area contributed by atoms with Crippen LogP contribution in [0.4, 0.5) is 0 Å². The van der Waals surface area contributed by atoms with Crippen molar-refractivity contribution < 1.29 is 0 Å². The molecule has 0 bridgehead atoms. The van der Waals surface area contributed by atoms with E-state index in [1.165, 1.54) is 5.56 Å². The monoisotopic (exact) mass is 552 g/mol. The molecule has 1 unspecified atom stereocenters. The zero-order chi connectivity index (χ0) is 21.2. The topological polar surface area (TPSA) is 67.1 Å². The van der Waals surface area contributed by atoms with E-state index in [9.17, 15) is 0 Å². The van der Waals surface area contributed by atoms with Crippen molar-refractivity contribution in [1.29, 1.82) is 0 Å². The summed E-state index contributed by atoms with van der Waals surface area (Å²) < 4.78 is 2.07. The summed E-state index contributed by atoms with van der Waals surface area (Å²) in [5.74, 6) is 1.78. The Morgan fingerprint density at radius 2 is 1.87 bits per heavy atom. The average Bonchev–Trinajstić information content (AvgIpc) is 3.22. The molecule has 0 aliphatic heterocycles. The number of halogens is 2. The van der Waals surface area contributed by atoms with Crippen LogP contribution in [0.15, 0.2) is 65.9 Å². The summed E-state index contributed by atoms with van der Waals surface area (Å²) in [5, 5.41) is 15.8. The molecule has 2 N–H and O–H groups in total. The molecule has 3 rings (SSSR count). The third-order valence-electron chi connectivity index (χ3n) is 4.89. The van der Waals surface area contributed by atoms with Crippen LogP contribution in [0.3, 0.4) is 0 Å². The van der Waals surface area contributed by atoms with E-state index in [0.29, 0.717) is 6.54 Å². The van der Waals surface area contributed by atoms with Gasteiger partial charge >= 0.3 is 0 Å². The van der Waals surface area contributed by atoms with Gasteiger partial charge in [0.15, 0.2) is 5.96 Å². The molecule has 0 saturated carbocycles. The Morgan fingerprint density at radius 3 is 2.58 bits per heavy atom. The molecular formula is C23H30ClIN6. The van der Waals surface area contributed by atoms with Crippen LogP contribution < -0.4 is 10.6 Å². The standard InChI is InChI=1S/C23H29ClN6.HI/c1-3-22-29-27-17-30(22)16-15-26-23(25-14-13-19-7-5-4-6-8-19)28-18(2)20-9-11-21(24)12-10-20;/h4-12,17-18H,3,13-16H2,1-2H3,(H2,25,26,28);1H. The number of nitrogens with zero attached hydrogens (tertiary/aromatic N) is 4. The molecule has 1 heterocycles. The molecular weight excluding hydrogens is 523 g/mol. The smallest absolute Gasteiger partial charge is 0.191 e. The molecule has 8 heteroatoms. The Bertz CT molecular complexity index is 927. The SMILES string of the molecule is CCc1nncn1CCNC(=NCCc1ccccc1)NC(C)c1ccc(Cl)cc1.I. The molecule has 166 valence electrons. The van der Waals surface area contributed by atoms with Gasteiger partial charge in [-0.2, -0.15) is 0 Å². The van der Waals surface area contributed by atoms with E-state index in [1.807, 2.05) is 30.3 Å². The lowest BCUT2D eigenvalue weighted by molar-refractivity contribution is 0.619. The van der Waals surface area contributed by atoms with Crippen LogP contribution in [0.25, 0.3) is 0 Å². The van der Waals surface area contributed by atoms with Gasteiger partial charge in [-0.25, -0.2) is 0 Å². The van der Waals surface area contributed by atoms with Gasteiger partial charge in [0.1, 0.15) is 12.2 Å². The third-order valence-corrected chi connectivity index (χ3v) is 5.15. The Balaban J connectivity index is 0.00000341. The van der Waals surface area contributed by atoms with Crippen molar-refractivity contribution in [3.63, 3.8) is 0 Å². The number of aryl methyl sites for hydroxylation is 1. The van der Waals surface area contributed by atoms with Crippen molar-refractivity contribution in [2.24, 2.45) is 4.99 Å². The van der Waals surface area contributed by atoms with Crippen LogP contribution in [0.5, 0.6) is 0 Å². The molecule has 0 saturated heterocycles. The fourth-order valence-electron chi connectivity index (χ4n) is 3.17. The van der Waals surface area contributed by atoms with Crippen molar-refractivity contribution in [3.05, 3.63) is 82.9 Å². The minimum Gasteiger partial charge on any atom is -0.355 e. The van der Waals surface area contributed by atoms with Gasteiger partial charge in [-0.15, -0.1) is 34.2 Å². The Kier molecular flexibility index (Phi) is 10.8. The first-order valence-electron chi connectivity index (χ1n) is 10.4. The first-order valence-corrected chi connectivity index (χ1v) is 10.7. The van der Waals surface area contributed by atoms with Crippen molar-refractivity contribution in [1.82, 2.24) is 25.4 Å². The molecule has 2 aromatic carbocycles. The summed E-state index contributed by atoms with van der Waals surface area (Å²) in [6, 6.07) is 18.4. The van der Waals surface area contributed by atoms with Crippen molar-refractivity contribution in [2.75, 3.05) is 13.1 Å². The largest absolute Gasteiger partial charge is 0.355 e. The van der Waals surface area contributed by atoms with Crippen LogP contribution in [-0.4, -0.2) is 33.8 Å². The minimum absolute atomic E-state index is 0. The third kappa shape index (κ3) is 8.14. The highest BCUT2D eigenvalue weighted by Gasteiger charge is 2.09. The quantitative estimate of drug-likeness (QED) is 0.230. The van der Waals surface area contributed by atoms with Gasteiger partial charge in [-0.1, -0.05) is 61.0 Å². The van der Waals surface area contributed by atoms with Crippen molar-refractivity contribution in [3.8, 4) is 0 Å². The van der Waals surface area contributed by atoms with Gasteiger partial charge in [-0.05, 0) is 36.6 Å². The van der Waals surface area contributed by atoms with Gasteiger partial charge in [0.2, 0.25) is 0 Å². The van der Waals surface area contributed by atoms with Crippen molar-refractivity contribution >= 4 is 41.5 Å². The highest BCUT2D eigenvalue weighted by atomic mass is 127. The molecule has 1 aromatic heterocycles. The number of aliphatic imine (C=N–C) groups is 1. The minimum atomic E-state index is 0. The summed E-state index contributed by atoms with van der Waals surface area (Å²) in [4.78, 5) is 4.79. The molecule has 0 spiro atoms. The second-order valence-corrected chi connectivity index (χ2v) is 7.54. The highest BCUT2D eigenvalue weighted by Crippen LogP contribution is 2.15. The van der Waals surface area contributed by atoms with Gasteiger partial charge in [0, 0.05) is 31.1 Å². The van der Waals surface area contributed by atoms with Crippen LogP contribution in [-0.2, 0) is 19.4 Å². The highest BCUT2D eigenvalue weighted by molar-refractivity contribution is 14.0. The van der Waals surface area contributed by atoms with Gasteiger partial charge in [0.05, 0.1) is 6.04 Å². The Hall–Kier alpha value is -2.13. The van der Waals surface area contributed by atoms with E-state index in [0.717, 1.165) is 48.3 Å². The summed E-state index contributed by atoms with van der Waals surface area (Å²) in [7, 11) is 0. The zero-order valence-corrected chi connectivity index (χ0v) is 21.0. The summed E-state index contributed by atoms with van der Waals surface area (Å²) >= 11 is 6.02. The number of benzene rings is 2. The second kappa shape index (κ2) is 13.3. The molecule has 0 amide bonds. The molecule has 6 nitrogen and oxygen atoms in total. The van der Waals surface area contributed by atoms with Gasteiger partial charge in [-0.3, -0.25) is 4.99 Å². The average molecular weight is 553 g/mol. The number of guanidine groups is 1. The molecule has 0 aliphatic rings. The maximum Gasteiger partial charge on any atom is 0.191 e. The maximum absolute atomic E-state index is 6.02. The molecule has 3 aromatic rings. The number of hydrogen-bond acceptors (Lipinski definition) is 3. The van der Waals surface area contributed by atoms with Crippen LogP contribution >= 0.6 is 35.6 Å². The lowest BCUT2D eigenvalue weighted by atomic mass is 10.1. The van der Waals surface area contributed by atoms with E-state index in [-0.39, 0.29) is 30.0 Å². The maximum atomic E-state index is 6.02. The van der Waals surface area contributed by atoms with Gasteiger partial charge in [0.25, 0.3) is 0 Å². The van der Waals surface area contributed by atoms with Gasteiger partial charge < -0.3 is 15.2 Å². The van der Waals surface area contributed by atoms with E-state index in [1.54, 1.807) is 6.33 Å². The fourth-order valence-corrected chi connectivity index (χ4v) is 3.29. The molecule has 0 radical (unpaired) electrons. The van der Waals surface area contributed by atoms with Crippen LogP contribution in [0.1, 0.15) is 36.8 Å². The normalized spacial score (nSPS) is 12.2. The molecule has 0 aliphatic carbocycles. The summed E-state index contributed by atoms with van der Waals surface area (Å²) in [6.45, 7) is 6.42. The lowest BCUT2D eigenvalue weighted by Crippen LogP contribution is -2.40. The molecule has 1 atom stereocenters. The van der Waals surface area contributed by atoms with Crippen molar-refractivity contribution in [2.45, 2.75) is 39.3 Å². The van der Waals surface area contributed by atoms with E-state index >= 15 is 0 Å². The van der Waals surface area contributed by atoms with E-state index in [4.69, 9.17) is 16.6 Å². The van der Waals surface area contributed by atoms with E-state index < -0.39 is 0 Å². The predicted molar refractivity (Wildman–Crippen MR) is 138 cm³/mol. The summed E-state index contributed by atoms with van der Waals surface area (Å²) in [5.41, 5.74) is 2.44. The number of aromatic nitrogens is 3. The first kappa shape index (κ1) is 25.1. The van der Waals surface area contributed by atoms with Crippen LogP contribution in [0.2, 0.25) is 5.02 Å². The second-order valence-electron chi connectivity index (χ2n) is 7.10.